The minimum atomic E-state index is -0.442. The fourth-order valence-electron chi connectivity index (χ4n) is 2.83. The second-order valence-corrected chi connectivity index (χ2v) is 4.97. The molecule has 0 spiro atoms. The van der Waals surface area contributed by atoms with Gasteiger partial charge >= 0.3 is 0 Å². The zero-order chi connectivity index (χ0) is 13.4. The maximum absolute atomic E-state index is 11.5. The number of benzene rings is 2. The third kappa shape index (κ3) is 1.97. The van der Waals surface area contributed by atoms with Crippen molar-refractivity contribution in [1.82, 2.24) is 0 Å². The van der Waals surface area contributed by atoms with Gasteiger partial charge in [-0.15, -0.1) is 0 Å². The predicted molar refractivity (Wildman–Crippen MR) is 76.8 cm³/mol. The van der Waals surface area contributed by atoms with E-state index in [0.717, 1.165) is 24.0 Å². The summed E-state index contributed by atoms with van der Waals surface area (Å²) in [5.74, 6) is -0.442. The lowest BCUT2D eigenvalue weighted by molar-refractivity contribution is 0.100. The lowest BCUT2D eigenvalue weighted by atomic mass is 9.95. The predicted octanol–water partition coefficient (Wildman–Crippen LogP) is 2.52. The van der Waals surface area contributed by atoms with E-state index < -0.39 is 5.91 Å². The molecule has 2 aromatic rings. The molecule has 19 heavy (non-hydrogen) atoms. The Bertz CT molecular complexity index is 662. The lowest BCUT2D eigenvalue weighted by Gasteiger charge is -2.11. The second-order valence-electron chi connectivity index (χ2n) is 4.97. The molecule has 0 saturated carbocycles. The SMILES string of the molecule is NC(=O)c1cccc(N)c1-c1ccc2c(c1)CCC2. The van der Waals surface area contributed by atoms with E-state index in [1.54, 1.807) is 18.2 Å². The van der Waals surface area contributed by atoms with Gasteiger partial charge in [-0.1, -0.05) is 24.3 Å². The van der Waals surface area contributed by atoms with E-state index in [-0.39, 0.29) is 0 Å². The number of amides is 1. The van der Waals surface area contributed by atoms with Crippen molar-refractivity contribution in [3.63, 3.8) is 0 Å². The van der Waals surface area contributed by atoms with Crippen molar-refractivity contribution >= 4 is 11.6 Å². The number of rotatable bonds is 2. The molecule has 0 radical (unpaired) electrons. The number of hydrogen-bond acceptors (Lipinski definition) is 2. The van der Waals surface area contributed by atoms with Crippen LogP contribution in [0.5, 0.6) is 0 Å². The van der Waals surface area contributed by atoms with E-state index >= 15 is 0 Å². The largest absolute Gasteiger partial charge is 0.398 e. The zero-order valence-corrected chi connectivity index (χ0v) is 10.6. The van der Waals surface area contributed by atoms with Gasteiger partial charge in [0.15, 0.2) is 0 Å². The summed E-state index contributed by atoms with van der Waals surface area (Å²) >= 11 is 0. The van der Waals surface area contributed by atoms with Crippen LogP contribution >= 0.6 is 0 Å². The number of anilines is 1. The minimum Gasteiger partial charge on any atom is -0.398 e. The van der Waals surface area contributed by atoms with Gasteiger partial charge in [-0.3, -0.25) is 4.79 Å². The molecule has 0 unspecified atom stereocenters. The topological polar surface area (TPSA) is 69.1 Å². The van der Waals surface area contributed by atoms with Gasteiger partial charge in [-0.25, -0.2) is 0 Å². The van der Waals surface area contributed by atoms with Crippen LogP contribution < -0.4 is 11.5 Å². The second kappa shape index (κ2) is 4.43. The fourth-order valence-corrected chi connectivity index (χ4v) is 2.83. The van der Waals surface area contributed by atoms with Crippen LogP contribution in [0.3, 0.4) is 0 Å². The Morgan fingerprint density at radius 3 is 2.63 bits per heavy atom. The van der Waals surface area contributed by atoms with Crippen LogP contribution in [0.15, 0.2) is 36.4 Å². The molecule has 0 saturated heterocycles. The average Bonchev–Trinajstić information content (AvgIpc) is 2.85. The van der Waals surface area contributed by atoms with Crippen LogP contribution in [0, 0.1) is 0 Å². The van der Waals surface area contributed by atoms with Crippen LogP contribution in [0.4, 0.5) is 5.69 Å². The highest BCUT2D eigenvalue weighted by atomic mass is 16.1. The fraction of sp³-hybridized carbons (Fsp3) is 0.188. The van der Waals surface area contributed by atoms with Gasteiger partial charge in [0.05, 0.1) is 0 Å². The molecule has 96 valence electrons. The molecule has 1 amide bonds. The number of fused-ring (bicyclic) bond motifs is 1. The lowest BCUT2D eigenvalue weighted by Crippen LogP contribution is -2.13. The molecule has 0 atom stereocenters. The molecule has 3 rings (SSSR count). The molecule has 4 N–H and O–H groups in total. The molecule has 0 aliphatic heterocycles. The van der Waals surface area contributed by atoms with Gasteiger partial charge in [0.1, 0.15) is 0 Å². The number of aryl methyl sites for hydroxylation is 2. The van der Waals surface area contributed by atoms with Crippen molar-refractivity contribution in [2.24, 2.45) is 5.73 Å². The van der Waals surface area contributed by atoms with Crippen molar-refractivity contribution in [2.45, 2.75) is 19.3 Å². The first-order chi connectivity index (χ1) is 9.16. The Labute approximate surface area is 112 Å². The van der Waals surface area contributed by atoms with Crippen molar-refractivity contribution in [3.05, 3.63) is 53.1 Å². The molecule has 2 aromatic carbocycles. The van der Waals surface area contributed by atoms with Gasteiger partial charge < -0.3 is 11.5 Å². The van der Waals surface area contributed by atoms with Crippen LogP contribution in [-0.4, -0.2) is 5.91 Å². The number of carbonyl (C=O) groups is 1. The normalized spacial score (nSPS) is 13.3. The van der Waals surface area contributed by atoms with Crippen molar-refractivity contribution < 1.29 is 4.79 Å². The van der Waals surface area contributed by atoms with Crippen LogP contribution in [-0.2, 0) is 12.8 Å². The van der Waals surface area contributed by atoms with Crippen LogP contribution in [0.1, 0.15) is 27.9 Å². The molecule has 0 heterocycles. The molecule has 0 aromatic heterocycles. The molecule has 0 bridgehead atoms. The molecule has 3 nitrogen and oxygen atoms in total. The van der Waals surface area contributed by atoms with Crippen molar-refractivity contribution in [3.8, 4) is 11.1 Å². The molecule has 3 heteroatoms. The van der Waals surface area contributed by atoms with E-state index in [9.17, 15) is 4.79 Å². The van der Waals surface area contributed by atoms with Crippen LogP contribution in [0.2, 0.25) is 0 Å². The summed E-state index contributed by atoms with van der Waals surface area (Å²) in [5.41, 5.74) is 17.0. The molecule has 0 fully saturated rings. The Morgan fingerprint density at radius 1 is 1.05 bits per heavy atom. The Balaban J connectivity index is 2.19. The number of nitrogen functional groups attached to an aromatic ring is 1. The molecule has 1 aliphatic rings. The summed E-state index contributed by atoms with van der Waals surface area (Å²) < 4.78 is 0. The highest BCUT2D eigenvalue weighted by Crippen LogP contribution is 2.33. The summed E-state index contributed by atoms with van der Waals surface area (Å²) in [6.07, 6.45) is 3.44. The van der Waals surface area contributed by atoms with E-state index in [1.165, 1.54) is 17.5 Å². The summed E-state index contributed by atoms with van der Waals surface area (Å²) in [6, 6.07) is 11.6. The molecule has 1 aliphatic carbocycles. The first-order valence-corrected chi connectivity index (χ1v) is 6.47. The zero-order valence-electron chi connectivity index (χ0n) is 10.6. The molecular weight excluding hydrogens is 236 g/mol. The van der Waals surface area contributed by atoms with E-state index in [4.69, 9.17) is 11.5 Å². The Hall–Kier alpha value is -2.29. The van der Waals surface area contributed by atoms with E-state index in [0.29, 0.717) is 11.3 Å². The smallest absolute Gasteiger partial charge is 0.249 e. The maximum atomic E-state index is 11.5. The summed E-state index contributed by atoms with van der Waals surface area (Å²) in [4.78, 5) is 11.5. The number of nitrogens with two attached hydrogens (primary N) is 2. The van der Waals surface area contributed by atoms with E-state index in [1.807, 2.05) is 6.07 Å². The third-order valence-electron chi connectivity index (χ3n) is 3.75. The monoisotopic (exact) mass is 252 g/mol. The maximum Gasteiger partial charge on any atom is 0.249 e. The standard InChI is InChI=1S/C16H16N2O/c17-14-6-2-5-13(16(18)19)15(14)12-8-7-10-3-1-4-11(10)9-12/h2,5-9H,1,3-4,17H2,(H2,18,19). The first-order valence-electron chi connectivity index (χ1n) is 6.47. The Kier molecular flexibility index (Phi) is 2.75. The Morgan fingerprint density at radius 2 is 1.84 bits per heavy atom. The van der Waals surface area contributed by atoms with Crippen LogP contribution in [0.25, 0.3) is 11.1 Å². The van der Waals surface area contributed by atoms with Gasteiger partial charge in [0.2, 0.25) is 5.91 Å². The number of hydrogen-bond donors (Lipinski definition) is 2. The van der Waals surface area contributed by atoms with E-state index in [2.05, 4.69) is 12.1 Å². The van der Waals surface area contributed by atoms with Gasteiger partial charge in [0, 0.05) is 16.8 Å². The summed E-state index contributed by atoms with van der Waals surface area (Å²) in [5, 5.41) is 0. The number of carbonyl (C=O) groups excluding carboxylic acids is 1. The minimum absolute atomic E-state index is 0.442. The summed E-state index contributed by atoms with van der Waals surface area (Å²) in [6.45, 7) is 0. The summed E-state index contributed by atoms with van der Waals surface area (Å²) in [7, 11) is 0. The van der Waals surface area contributed by atoms with Crippen molar-refractivity contribution in [1.29, 1.82) is 0 Å². The molecular formula is C16H16N2O. The highest BCUT2D eigenvalue weighted by molar-refractivity contribution is 6.02. The average molecular weight is 252 g/mol. The highest BCUT2D eigenvalue weighted by Gasteiger charge is 2.16. The number of primary amides is 1. The van der Waals surface area contributed by atoms with Gasteiger partial charge in [0.25, 0.3) is 0 Å². The first kappa shape index (κ1) is 11.8. The van der Waals surface area contributed by atoms with Gasteiger partial charge in [-0.05, 0) is 48.1 Å². The third-order valence-corrected chi connectivity index (χ3v) is 3.75. The van der Waals surface area contributed by atoms with Crippen molar-refractivity contribution in [2.75, 3.05) is 5.73 Å². The van der Waals surface area contributed by atoms with Gasteiger partial charge in [-0.2, -0.15) is 0 Å². The quantitative estimate of drug-likeness (QED) is 0.806.